The van der Waals surface area contributed by atoms with E-state index in [1.165, 1.54) is 42.6 Å². The van der Waals surface area contributed by atoms with Crippen LogP contribution in [0.25, 0.3) is 10.9 Å². The molecule has 3 saturated heterocycles. The van der Waals surface area contributed by atoms with Crippen LogP contribution in [0.15, 0.2) is 36.7 Å². The number of fused-ring (bicyclic) bond motifs is 2. The van der Waals surface area contributed by atoms with E-state index in [1.807, 2.05) is 24.5 Å². The standard InChI is InChI=1S/C20H21N5O/c1-26-13-2-3-17-15(9-13)14(4-6-21-17)20-18-8-12-5-7-24(18)11-16(12)19-10-22-23-25(19)20/h2-4,6,9-10,12,16,18,20H,5,7-8,11H2,1H3/p+1. The SMILES string of the molecule is COc1ccc2nccc(C3C4CC5CC[NH+]4CC5c4cnnn43)c2c1. The van der Waals surface area contributed by atoms with Crippen LogP contribution in [0.4, 0.5) is 0 Å². The van der Waals surface area contributed by atoms with Crippen LogP contribution in [-0.4, -0.2) is 46.2 Å². The number of nitrogens with zero attached hydrogens (tertiary/aromatic N) is 4. The smallest absolute Gasteiger partial charge is 0.131 e. The first-order valence-electron chi connectivity index (χ1n) is 9.51. The molecule has 0 amide bonds. The highest BCUT2D eigenvalue weighted by Gasteiger charge is 2.53. The summed E-state index contributed by atoms with van der Waals surface area (Å²) >= 11 is 0. The Morgan fingerprint density at radius 1 is 1.27 bits per heavy atom. The maximum Gasteiger partial charge on any atom is 0.131 e. The Labute approximate surface area is 151 Å². The molecule has 4 bridgehead atoms. The summed E-state index contributed by atoms with van der Waals surface area (Å²) in [6.07, 6.45) is 6.55. The van der Waals surface area contributed by atoms with E-state index < -0.39 is 0 Å². The molecule has 7 heterocycles. The van der Waals surface area contributed by atoms with Crippen molar-refractivity contribution in [3.63, 3.8) is 0 Å². The Kier molecular flexibility index (Phi) is 2.97. The first-order chi connectivity index (χ1) is 12.8. The summed E-state index contributed by atoms with van der Waals surface area (Å²) in [4.78, 5) is 6.32. The number of ether oxygens (including phenoxy) is 1. The monoisotopic (exact) mass is 348 g/mol. The van der Waals surface area contributed by atoms with Crippen molar-refractivity contribution in [1.82, 2.24) is 20.0 Å². The zero-order valence-corrected chi connectivity index (χ0v) is 14.8. The van der Waals surface area contributed by atoms with Gasteiger partial charge in [0, 0.05) is 24.4 Å². The molecule has 1 aromatic carbocycles. The average Bonchev–Trinajstić information content (AvgIpc) is 3.10. The molecule has 5 aliphatic rings. The van der Waals surface area contributed by atoms with Gasteiger partial charge in [0.1, 0.15) is 17.8 Å². The molecular formula is C20H22N5O+. The maximum atomic E-state index is 5.49. The van der Waals surface area contributed by atoms with E-state index in [1.54, 1.807) is 12.0 Å². The van der Waals surface area contributed by atoms with E-state index >= 15 is 0 Å². The number of aromatic nitrogens is 4. The molecule has 0 aliphatic carbocycles. The topological polar surface area (TPSA) is 57.3 Å². The summed E-state index contributed by atoms with van der Waals surface area (Å²) in [5.74, 6) is 2.26. The first-order valence-corrected chi connectivity index (χ1v) is 9.51. The van der Waals surface area contributed by atoms with Crippen LogP contribution >= 0.6 is 0 Å². The molecule has 3 fully saturated rings. The average molecular weight is 348 g/mol. The molecule has 2 aromatic heterocycles. The number of hydrogen-bond acceptors (Lipinski definition) is 4. The zero-order valence-electron chi connectivity index (χ0n) is 14.8. The number of methoxy groups -OCH3 is 1. The van der Waals surface area contributed by atoms with Gasteiger partial charge in [0.05, 0.1) is 43.5 Å². The lowest BCUT2D eigenvalue weighted by Crippen LogP contribution is -3.19. The van der Waals surface area contributed by atoms with Crippen LogP contribution in [0.5, 0.6) is 5.75 Å². The molecule has 6 heteroatoms. The van der Waals surface area contributed by atoms with Crippen molar-refractivity contribution >= 4 is 10.9 Å². The Hall–Kier alpha value is -2.47. The summed E-state index contributed by atoms with van der Waals surface area (Å²) in [6, 6.07) is 9.10. The summed E-state index contributed by atoms with van der Waals surface area (Å²) in [7, 11) is 1.72. The predicted molar refractivity (Wildman–Crippen MR) is 96.4 cm³/mol. The molecule has 26 heavy (non-hydrogen) atoms. The van der Waals surface area contributed by atoms with Gasteiger partial charge in [0.15, 0.2) is 0 Å². The Morgan fingerprint density at radius 3 is 3.08 bits per heavy atom. The van der Waals surface area contributed by atoms with Gasteiger partial charge in [-0.2, -0.15) is 0 Å². The van der Waals surface area contributed by atoms with Crippen molar-refractivity contribution in [3.8, 4) is 5.75 Å². The van der Waals surface area contributed by atoms with Crippen LogP contribution in [0, 0.1) is 5.92 Å². The molecule has 0 spiro atoms. The quantitative estimate of drug-likeness (QED) is 0.756. The van der Waals surface area contributed by atoms with Crippen LogP contribution in [-0.2, 0) is 0 Å². The second-order valence-electron chi connectivity index (χ2n) is 7.94. The van der Waals surface area contributed by atoms with E-state index in [-0.39, 0.29) is 6.04 Å². The molecule has 5 aliphatic heterocycles. The highest BCUT2D eigenvalue weighted by molar-refractivity contribution is 5.84. The maximum absolute atomic E-state index is 5.49. The van der Waals surface area contributed by atoms with Crippen molar-refractivity contribution in [2.24, 2.45) is 5.92 Å². The number of hydrogen-bond donors (Lipinski definition) is 1. The van der Waals surface area contributed by atoms with Gasteiger partial charge >= 0.3 is 0 Å². The molecule has 132 valence electrons. The highest BCUT2D eigenvalue weighted by atomic mass is 16.5. The minimum absolute atomic E-state index is 0.218. The van der Waals surface area contributed by atoms with E-state index in [2.05, 4.69) is 32.1 Å². The molecule has 1 N–H and O–H groups in total. The second-order valence-corrected chi connectivity index (χ2v) is 7.94. The van der Waals surface area contributed by atoms with Crippen molar-refractivity contribution in [2.45, 2.75) is 30.8 Å². The third-order valence-corrected chi connectivity index (χ3v) is 6.90. The lowest BCUT2D eigenvalue weighted by atomic mass is 9.74. The van der Waals surface area contributed by atoms with Crippen molar-refractivity contribution in [3.05, 3.63) is 47.9 Å². The lowest BCUT2D eigenvalue weighted by Gasteiger charge is -2.45. The van der Waals surface area contributed by atoms with E-state index in [0.29, 0.717) is 12.0 Å². The van der Waals surface area contributed by atoms with Gasteiger partial charge in [-0.1, -0.05) is 5.21 Å². The van der Waals surface area contributed by atoms with E-state index in [4.69, 9.17) is 4.74 Å². The molecule has 0 saturated carbocycles. The number of quaternary nitrogens is 1. The van der Waals surface area contributed by atoms with E-state index in [0.717, 1.165) is 17.2 Å². The molecular weight excluding hydrogens is 326 g/mol. The van der Waals surface area contributed by atoms with Crippen LogP contribution in [0.2, 0.25) is 0 Å². The van der Waals surface area contributed by atoms with E-state index in [9.17, 15) is 0 Å². The Bertz CT molecular complexity index is 999. The van der Waals surface area contributed by atoms with Gasteiger partial charge < -0.3 is 9.64 Å². The van der Waals surface area contributed by atoms with Crippen molar-refractivity contribution in [1.29, 1.82) is 0 Å². The van der Waals surface area contributed by atoms with Crippen LogP contribution < -0.4 is 9.64 Å². The van der Waals surface area contributed by atoms with Gasteiger partial charge in [0.2, 0.25) is 0 Å². The fraction of sp³-hybridized carbons (Fsp3) is 0.450. The fourth-order valence-corrected chi connectivity index (χ4v) is 5.72. The molecule has 8 rings (SSSR count). The number of rotatable bonds is 2. The predicted octanol–water partition coefficient (Wildman–Crippen LogP) is 1.20. The van der Waals surface area contributed by atoms with Gasteiger partial charge in [-0.25, -0.2) is 4.68 Å². The summed E-state index contributed by atoms with van der Waals surface area (Å²) in [5, 5.41) is 10.0. The zero-order chi connectivity index (χ0) is 17.3. The molecule has 5 unspecified atom stereocenters. The van der Waals surface area contributed by atoms with Gasteiger partial charge in [-0.05, 0) is 35.7 Å². The number of pyridine rings is 1. The van der Waals surface area contributed by atoms with Gasteiger partial charge in [-0.3, -0.25) is 4.98 Å². The summed E-state index contributed by atoms with van der Waals surface area (Å²) in [6.45, 7) is 2.51. The lowest BCUT2D eigenvalue weighted by molar-refractivity contribution is -0.944. The normalized spacial score (nSPS) is 31.8. The molecule has 6 nitrogen and oxygen atoms in total. The molecule has 0 radical (unpaired) electrons. The Morgan fingerprint density at radius 2 is 2.23 bits per heavy atom. The number of benzene rings is 1. The number of nitrogens with one attached hydrogen (secondary N) is 1. The minimum atomic E-state index is 0.218. The third kappa shape index (κ3) is 1.88. The van der Waals surface area contributed by atoms with Crippen molar-refractivity contribution < 1.29 is 9.64 Å². The summed E-state index contributed by atoms with van der Waals surface area (Å²) < 4.78 is 7.71. The molecule has 3 aromatic rings. The van der Waals surface area contributed by atoms with Crippen LogP contribution in [0.1, 0.15) is 36.1 Å². The summed E-state index contributed by atoms with van der Waals surface area (Å²) in [5.41, 5.74) is 3.63. The fourth-order valence-electron chi connectivity index (χ4n) is 5.72. The van der Waals surface area contributed by atoms with Gasteiger partial charge in [0.25, 0.3) is 0 Å². The molecule has 5 atom stereocenters. The third-order valence-electron chi connectivity index (χ3n) is 6.90. The van der Waals surface area contributed by atoms with Crippen molar-refractivity contribution in [2.75, 3.05) is 20.2 Å². The number of piperidine rings is 3. The minimum Gasteiger partial charge on any atom is -0.497 e. The van der Waals surface area contributed by atoms with Crippen LogP contribution in [0.3, 0.4) is 0 Å². The highest BCUT2D eigenvalue weighted by Crippen LogP contribution is 2.44. The van der Waals surface area contributed by atoms with Gasteiger partial charge in [-0.15, -0.1) is 5.10 Å². The largest absolute Gasteiger partial charge is 0.497 e. The first kappa shape index (κ1) is 14.7. The Balaban J connectivity index is 1.61. The second kappa shape index (κ2) is 5.27.